The van der Waals surface area contributed by atoms with Gasteiger partial charge < -0.3 is 9.73 Å². The van der Waals surface area contributed by atoms with E-state index in [0.717, 1.165) is 6.42 Å². The molecule has 0 spiro atoms. The van der Waals surface area contributed by atoms with Gasteiger partial charge in [-0.1, -0.05) is 6.92 Å². The van der Waals surface area contributed by atoms with Crippen LogP contribution in [0, 0.1) is 5.82 Å². The van der Waals surface area contributed by atoms with E-state index in [4.69, 9.17) is 4.42 Å². The van der Waals surface area contributed by atoms with Crippen LogP contribution < -0.4 is 5.32 Å². The molecule has 2 aromatic rings. The van der Waals surface area contributed by atoms with Crippen LogP contribution in [0.4, 0.5) is 4.39 Å². The van der Waals surface area contributed by atoms with Gasteiger partial charge >= 0.3 is 0 Å². The van der Waals surface area contributed by atoms with Crippen LogP contribution in [0.5, 0.6) is 0 Å². The summed E-state index contributed by atoms with van der Waals surface area (Å²) in [4.78, 5) is 16.0. The second-order valence-corrected chi connectivity index (χ2v) is 6.87. The van der Waals surface area contributed by atoms with Crippen molar-refractivity contribution in [2.75, 3.05) is 6.54 Å². The molecule has 1 N–H and O–H groups in total. The number of nitrogens with zero attached hydrogens (tertiary/aromatic N) is 1. The van der Waals surface area contributed by atoms with Crippen LogP contribution in [-0.2, 0) is 21.3 Å². The standard InChI is InChI=1S/C16H19FN2O3S/c1-3-8-18-15(20)11(2)23(21)10-14-9-22-16(19-14)12-4-6-13(17)7-5-12/h4-7,9,11H,3,8,10H2,1-2H3,(H,18,20)/t11-,23+/m0/s1. The lowest BCUT2D eigenvalue weighted by Gasteiger charge is -2.10. The fourth-order valence-electron chi connectivity index (χ4n) is 1.88. The molecule has 1 aromatic heterocycles. The minimum atomic E-state index is -1.39. The van der Waals surface area contributed by atoms with Gasteiger partial charge in [0.2, 0.25) is 11.8 Å². The first kappa shape index (κ1) is 17.3. The number of hydrogen-bond donors (Lipinski definition) is 1. The van der Waals surface area contributed by atoms with Gasteiger partial charge in [-0.3, -0.25) is 9.00 Å². The van der Waals surface area contributed by atoms with Gasteiger partial charge in [0.1, 0.15) is 17.3 Å². The second-order valence-electron chi connectivity index (χ2n) is 5.11. The fourth-order valence-corrected chi connectivity index (χ4v) is 2.88. The van der Waals surface area contributed by atoms with Crippen LogP contribution in [0.1, 0.15) is 26.0 Å². The Bertz CT molecular complexity index is 685. The first-order valence-corrected chi connectivity index (χ1v) is 8.74. The lowest BCUT2D eigenvalue weighted by Crippen LogP contribution is -2.36. The average molecular weight is 338 g/mol. The average Bonchev–Trinajstić information content (AvgIpc) is 3.00. The number of hydrogen-bond acceptors (Lipinski definition) is 4. The Labute approximate surface area is 136 Å². The van der Waals surface area contributed by atoms with Crippen LogP contribution in [0.25, 0.3) is 11.5 Å². The normalized spacial score (nSPS) is 13.5. The summed E-state index contributed by atoms with van der Waals surface area (Å²) in [5.41, 5.74) is 1.13. The van der Waals surface area contributed by atoms with Gasteiger partial charge in [0.15, 0.2) is 0 Å². The summed E-state index contributed by atoms with van der Waals surface area (Å²) in [6.45, 7) is 4.15. The van der Waals surface area contributed by atoms with Crippen molar-refractivity contribution >= 4 is 16.7 Å². The summed E-state index contributed by atoms with van der Waals surface area (Å²) >= 11 is 0. The van der Waals surface area contributed by atoms with Crippen LogP contribution in [0.2, 0.25) is 0 Å². The number of amides is 1. The SMILES string of the molecule is CCCNC(=O)[C@H](C)[S@](=O)Cc1coc(-c2ccc(F)cc2)n1. The van der Waals surface area contributed by atoms with Crippen molar-refractivity contribution in [3.63, 3.8) is 0 Å². The number of oxazole rings is 1. The Morgan fingerprint density at radius 2 is 2.09 bits per heavy atom. The van der Waals surface area contributed by atoms with Crippen molar-refractivity contribution in [3.8, 4) is 11.5 Å². The molecule has 0 saturated carbocycles. The molecule has 1 heterocycles. The molecule has 2 atom stereocenters. The van der Waals surface area contributed by atoms with E-state index in [9.17, 15) is 13.4 Å². The molecule has 23 heavy (non-hydrogen) atoms. The van der Waals surface area contributed by atoms with E-state index in [1.807, 2.05) is 6.92 Å². The third-order valence-electron chi connectivity index (χ3n) is 3.25. The lowest BCUT2D eigenvalue weighted by molar-refractivity contribution is -0.120. The molecule has 1 amide bonds. The van der Waals surface area contributed by atoms with Crippen molar-refractivity contribution in [1.82, 2.24) is 10.3 Å². The molecular formula is C16H19FN2O3S. The molecule has 1 aromatic carbocycles. The van der Waals surface area contributed by atoms with Crippen LogP contribution in [0.15, 0.2) is 34.9 Å². The van der Waals surface area contributed by atoms with Gasteiger partial charge in [-0.2, -0.15) is 0 Å². The van der Waals surface area contributed by atoms with E-state index in [0.29, 0.717) is 23.7 Å². The Morgan fingerprint density at radius 3 is 2.74 bits per heavy atom. The third kappa shape index (κ3) is 4.72. The summed E-state index contributed by atoms with van der Waals surface area (Å²) in [7, 11) is -1.39. The Morgan fingerprint density at radius 1 is 1.39 bits per heavy atom. The molecule has 0 unspecified atom stereocenters. The van der Waals surface area contributed by atoms with E-state index in [-0.39, 0.29) is 17.5 Å². The smallest absolute Gasteiger partial charge is 0.235 e. The predicted octanol–water partition coefficient (Wildman–Crippen LogP) is 2.64. The second kappa shape index (κ2) is 8.01. The number of halogens is 1. The van der Waals surface area contributed by atoms with Gasteiger partial charge in [-0.15, -0.1) is 0 Å². The van der Waals surface area contributed by atoms with Crippen molar-refractivity contribution in [3.05, 3.63) is 42.0 Å². The lowest BCUT2D eigenvalue weighted by atomic mass is 10.2. The predicted molar refractivity (Wildman–Crippen MR) is 86.5 cm³/mol. The van der Waals surface area contributed by atoms with Gasteiger partial charge in [-0.25, -0.2) is 9.37 Å². The molecule has 0 fully saturated rings. The highest BCUT2D eigenvalue weighted by Gasteiger charge is 2.21. The summed E-state index contributed by atoms with van der Waals surface area (Å²) < 4.78 is 30.5. The highest BCUT2D eigenvalue weighted by atomic mass is 32.2. The van der Waals surface area contributed by atoms with Crippen LogP contribution in [-0.4, -0.2) is 26.9 Å². The molecule has 2 rings (SSSR count). The number of aromatic nitrogens is 1. The molecule has 7 heteroatoms. The molecular weight excluding hydrogens is 319 g/mol. The topological polar surface area (TPSA) is 72.2 Å². The Hall–Kier alpha value is -2.02. The number of rotatable bonds is 7. The largest absolute Gasteiger partial charge is 0.444 e. The molecule has 0 radical (unpaired) electrons. The van der Waals surface area contributed by atoms with Crippen LogP contribution >= 0.6 is 0 Å². The van der Waals surface area contributed by atoms with Crippen molar-refractivity contribution in [2.45, 2.75) is 31.3 Å². The van der Waals surface area contributed by atoms with Gasteiger partial charge in [0, 0.05) is 22.9 Å². The maximum atomic E-state index is 12.9. The van der Waals surface area contributed by atoms with Crippen molar-refractivity contribution < 1.29 is 17.8 Å². The van der Waals surface area contributed by atoms with Gasteiger partial charge in [0.05, 0.1) is 11.4 Å². The van der Waals surface area contributed by atoms with Gasteiger partial charge in [-0.05, 0) is 37.6 Å². The number of nitrogens with one attached hydrogen (secondary N) is 1. The van der Waals surface area contributed by atoms with E-state index in [1.165, 1.54) is 18.4 Å². The summed E-state index contributed by atoms with van der Waals surface area (Å²) in [5, 5.41) is 2.11. The third-order valence-corrected chi connectivity index (χ3v) is 4.83. The monoisotopic (exact) mass is 338 g/mol. The molecule has 0 aliphatic carbocycles. The quantitative estimate of drug-likeness (QED) is 0.842. The molecule has 124 valence electrons. The maximum Gasteiger partial charge on any atom is 0.235 e. The molecule has 0 aliphatic heterocycles. The summed E-state index contributed by atoms with van der Waals surface area (Å²) in [6, 6.07) is 5.75. The zero-order chi connectivity index (χ0) is 16.8. The van der Waals surface area contributed by atoms with Crippen LogP contribution in [0.3, 0.4) is 0 Å². The molecule has 0 aliphatic rings. The molecule has 5 nitrogen and oxygen atoms in total. The maximum absolute atomic E-state index is 12.9. The molecule has 0 saturated heterocycles. The molecule has 0 bridgehead atoms. The van der Waals surface area contributed by atoms with Crippen molar-refractivity contribution in [2.24, 2.45) is 0 Å². The number of benzene rings is 1. The van der Waals surface area contributed by atoms with E-state index < -0.39 is 16.0 Å². The number of carbonyl (C=O) groups excluding carboxylic acids is 1. The number of carbonyl (C=O) groups is 1. The minimum Gasteiger partial charge on any atom is -0.444 e. The highest BCUT2D eigenvalue weighted by molar-refractivity contribution is 7.85. The zero-order valence-corrected chi connectivity index (χ0v) is 13.9. The Kier molecular flexibility index (Phi) is 6.04. The van der Waals surface area contributed by atoms with Crippen molar-refractivity contribution in [1.29, 1.82) is 0 Å². The van der Waals surface area contributed by atoms with E-state index in [2.05, 4.69) is 10.3 Å². The highest BCUT2D eigenvalue weighted by Crippen LogP contribution is 2.20. The fraction of sp³-hybridized carbons (Fsp3) is 0.375. The minimum absolute atomic E-state index is 0.130. The first-order chi connectivity index (χ1) is 11.0. The van der Waals surface area contributed by atoms with Gasteiger partial charge in [0.25, 0.3) is 0 Å². The summed E-state index contributed by atoms with van der Waals surface area (Å²) in [5.74, 6) is -0.105. The van der Waals surface area contributed by atoms with E-state index in [1.54, 1.807) is 19.1 Å². The van der Waals surface area contributed by atoms with E-state index >= 15 is 0 Å². The summed E-state index contributed by atoms with van der Waals surface area (Å²) in [6.07, 6.45) is 2.24. The zero-order valence-electron chi connectivity index (χ0n) is 13.0. The Balaban J connectivity index is 1.99. The first-order valence-electron chi connectivity index (χ1n) is 7.36.